The number of thiophene rings is 2. The average Bonchev–Trinajstić information content (AvgIpc) is 4.03. The fraction of sp³-hybridized carbons (Fsp3) is 0.0882. The highest BCUT2D eigenvalue weighted by Gasteiger charge is 2.47. The molecule has 0 radical (unpaired) electrons. The van der Waals surface area contributed by atoms with Crippen LogP contribution in [0.3, 0.4) is 0 Å². The van der Waals surface area contributed by atoms with Crippen LogP contribution in [0.4, 0.5) is 11.4 Å². The molecule has 2 aromatic heterocycles. The standard InChI is InChI=1S/C68H49NS2/c1-4-15-50(16-5-1)68(51-17-6-2-7-18-51)61-23-12-10-21-58(61)67-55(22-14-24-62(67)68)47-31-39-54(40-32-47)69(53-37-29-46(30-38-53)49-34-42-66-60(44-49)57-20-11-13-26-64(57)71-66)52-35-27-45(28-36-52)48-33-41-65-59(43-48)56-19-8-3-9-25-63(56)70-65/h1-6,8-17,19-24,26-37,39-44,53H,7,18,25,38H2. The molecule has 0 spiro atoms. The number of benzene rings is 8. The number of fused-ring (bicyclic) bond motifs is 9. The third-order valence-electron chi connectivity index (χ3n) is 15.4. The van der Waals surface area contributed by atoms with Crippen molar-refractivity contribution in [3.63, 3.8) is 0 Å². The van der Waals surface area contributed by atoms with Crippen LogP contribution in [0.2, 0.25) is 0 Å². The van der Waals surface area contributed by atoms with Crippen LogP contribution in [0.15, 0.2) is 242 Å². The van der Waals surface area contributed by atoms with Gasteiger partial charge in [-0.1, -0.05) is 194 Å². The van der Waals surface area contributed by atoms with E-state index >= 15 is 0 Å². The van der Waals surface area contributed by atoms with Gasteiger partial charge in [-0.3, -0.25) is 0 Å². The van der Waals surface area contributed by atoms with Crippen LogP contribution in [0.5, 0.6) is 0 Å². The molecule has 0 amide bonds. The third kappa shape index (κ3) is 6.94. The van der Waals surface area contributed by atoms with Crippen molar-refractivity contribution >= 4 is 76.0 Å². The van der Waals surface area contributed by atoms with E-state index in [1.54, 1.807) is 0 Å². The van der Waals surface area contributed by atoms with Crippen molar-refractivity contribution in [2.24, 2.45) is 0 Å². The molecule has 71 heavy (non-hydrogen) atoms. The van der Waals surface area contributed by atoms with E-state index in [4.69, 9.17) is 0 Å². The van der Waals surface area contributed by atoms with E-state index in [0.29, 0.717) is 0 Å². The van der Waals surface area contributed by atoms with Crippen molar-refractivity contribution in [3.8, 4) is 33.4 Å². The van der Waals surface area contributed by atoms with Crippen LogP contribution in [0, 0.1) is 0 Å². The van der Waals surface area contributed by atoms with Gasteiger partial charge in [-0.25, -0.2) is 0 Å². The summed E-state index contributed by atoms with van der Waals surface area (Å²) >= 11 is 3.80. The van der Waals surface area contributed by atoms with E-state index in [1.165, 1.54) is 119 Å². The molecule has 338 valence electrons. The van der Waals surface area contributed by atoms with Gasteiger partial charge in [-0.15, -0.1) is 22.7 Å². The molecule has 10 aromatic rings. The molecule has 1 nitrogen and oxygen atoms in total. The van der Waals surface area contributed by atoms with E-state index < -0.39 is 0 Å². The molecule has 0 N–H and O–H groups in total. The molecule has 3 heteroatoms. The number of allylic oxidation sites excluding steroid dienone is 9. The van der Waals surface area contributed by atoms with Gasteiger partial charge >= 0.3 is 0 Å². The lowest BCUT2D eigenvalue weighted by Crippen LogP contribution is -2.30. The van der Waals surface area contributed by atoms with Crippen LogP contribution in [-0.4, -0.2) is 6.04 Å². The molecule has 14 rings (SSSR count). The topological polar surface area (TPSA) is 3.24 Å². The summed E-state index contributed by atoms with van der Waals surface area (Å²) in [6, 6.07) is 69.0. The van der Waals surface area contributed by atoms with Crippen molar-refractivity contribution in [1.82, 2.24) is 0 Å². The second-order valence-corrected chi connectivity index (χ2v) is 21.5. The number of anilines is 2. The summed E-state index contributed by atoms with van der Waals surface area (Å²) in [5.41, 5.74) is 19.1. The Bertz CT molecular complexity index is 3930. The summed E-state index contributed by atoms with van der Waals surface area (Å²) in [5.74, 6) is 0. The summed E-state index contributed by atoms with van der Waals surface area (Å²) in [7, 11) is 0. The van der Waals surface area contributed by atoms with Crippen molar-refractivity contribution in [2.45, 2.75) is 37.1 Å². The van der Waals surface area contributed by atoms with Gasteiger partial charge in [0.2, 0.25) is 0 Å². The maximum Gasteiger partial charge on any atom is 0.0676 e. The lowest BCUT2D eigenvalue weighted by Gasteiger charge is -2.36. The molecule has 0 saturated heterocycles. The van der Waals surface area contributed by atoms with Gasteiger partial charge in [-0.05, 0) is 141 Å². The monoisotopic (exact) mass is 943 g/mol. The zero-order chi connectivity index (χ0) is 46.9. The Morgan fingerprint density at radius 3 is 2.03 bits per heavy atom. The summed E-state index contributed by atoms with van der Waals surface area (Å²) in [6.07, 6.45) is 27.0. The zero-order valence-electron chi connectivity index (χ0n) is 39.3. The number of hydrogen-bond donors (Lipinski definition) is 0. The highest BCUT2D eigenvalue weighted by atomic mass is 32.1. The SMILES string of the molecule is C1=CCCC(C2(c3ccccc3)c3ccccc3-c3c(-c4ccc(N(c5ccc(-c6ccc7sc8c(c7c6)C=CC=CC8)cc5)C5C=CC(c6ccc7sc8ccccc8c7c6)=CC5)cc4)cccc32)=C1. The minimum absolute atomic E-state index is 0.122. The minimum atomic E-state index is -0.359. The average molecular weight is 944 g/mol. The fourth-order valence-electron chi connectivity index (χ4n) is 12.2. The van der Waals surface area contributed by atoms with Gasteiger partial charge in [0.1, 0.15) is 0 Å². The van der Waals surface area contributed by atoms with Crippen LogP contribution in [0.1, 0.15) is 52.0 Å². The Morgan fingerprint density at radius 2 is 1.21 bits per heavy atom. The Kier molecular flexibility index (Phi) is 10.2. The van der Waals surface area contributed by atoms with Gasteiger partial charge in [0, 0.05) is 52.9 Å². The molecule has 4 aliphatic carbocycles. The first kappa shape index (κ1) is 42.1. The van der Waals surface area contributed by atoms with E-state index in [1.807, 2.05) is 22.7 Å². The smallest absolute Gasteiger partial charge is 0.0676 e. The number of rotatable bonds is 8. The second kappa shape index (κ2) is 17.2. The molecular formula is C68H49NS2. The highest BCUT2D eigenvalue weighted by Crippen LogP contribution is 2.59. The molecule has 2 unspecified atom stereocenters. The molecular weight excluding hydrogens is 895 g/mol. The maximum absolute atomic E-state index is 2.54. The Balaban J connectivity index is 0.847. The molecule has 8 aromatic carbocycles. The largest absolute Gasteiger partial charge is 0.334 e. The summed E-state index contributed by atoms with van der Waals surface area (Å²) in [5, 5.41) is 4.02. The number of hydrogen-bond acceptors (Lipinski definition) is 3. The third-order valence-corrected chi connectivity index (χ3v) is 17.8. The van der Waals surface area contributed by atoms with Crippen molar-refractivity contribution in [1.29, 1.82) is 0 Å². The summed E-state index contributed by atoms with van der Waals surface area (Å²) in [4.78, 5) is 3.98. The predicted octanol–water partition coefficient (Wildman–Crippen LogP) is 18.9. The molecule has 2 atom stereocenters. The maximum atomic E-state index is 2.54. The van der Waals surface area contributed by atoms with Crippen molar-refractivity contribution in [2.75, 3.05) is 4.90 Å². The quantitative estimate of drug-likeness (QED) is 0.147. The van der Waals surface area contributed by atoms with Crippen LogP contribution in [0.25, 0.3) is 75.3 Å². The van der Waals surface area contributed by atoms with E-state index in [9.17, 15) is 0 Å². The van der Waals surface area contributed by atoms with Crippen LogP contribution >= 0.6 is 22.7 Å². The first-order valence-electron chi connectivity index (χ1n) is 25.0. The Labute approximate surface area is 423 Å². The van der Waals surface area contributed by atoms with Crippen LogP contribution in [-0.2, 0) is 11.8 Å². The zero-order valence-corrected chi connectivity index (χ0v) is 40.9. The van der Waals surface area contributed by atoms with E-state index in [-0.39, 0.29) is 11.5 Å². The van der Waals surface area contributed by atoms with Crippen LogP contribution < -0.4 is 4.90 Å². The van der Waals surface area contributed by atoms with Crippen molar-refractivity contribution < 1.29 is 0 Å². The summed E-state index contributed by atoms with van der Waals surface area (Å²) in [6.45, 7) is 0. The number of nitrogens with zero attached hydrogens (tertiary/aromatic N) is 1. The summed E-state index contributed by atoms with van der Waals surface area (Å²) < 4.78 is 4.03. The minimum Gasteiger partial charge on any atom is -0.334 e. The highest BCUT2D eigenvalue weighted by molar-refractivity contribution is 7.25. The van der Waals surface area contributed by atoms with Gasteiger partial charge in [0.15, 0.2) is 0 Å². The predicted molar refractivity (Wildman–Crippen MR) is 306 cm³/mol. The van der Waals surface area contributed by atoms with Gasteiger partial charge in [-0.2, -0.15) is 0 Å². The lowest BCUT2D eigenvalue weighted by atomic mass is 9.65. The molecule has 0 saturated carbocycles. The first-order valence-corrected chi connectivity index (χ1v) is 26.7. The lowest BCUT2D eigenvalue weighted by molar-refractivity contribution is 0.693. The van der Waals surface area contributed by atoms with Gasteiger partial charge in [0.05, 0.1) is 11.5 Å². The second-order valence-electron chi connectivity index (χ2n) is 19.3. The molecule has 4 aliphatic rings. The van der Waals surface area contributed by atoms with E-state index in [2.05, 4.69) is 248 Å². The fourth-order valence-corrected chi connectivity index (χ4v) is 14.4. The molecule has 2 heterocycles. The van der Waals surface area contributed by atoms with Gasteiger partial charge in [0.25, 0.3) is 0 Å². The Morgan fingerprint density at radius 1 is 0.507 bits per heavy atom. The molecule has 0 bridgehead atoms. The molecule has 0 fully saturated rings. The van der Waals surface area contributed by atoms with E-state index in [0.717, 1.165) is 25.7 Å². The van der Waals surface area contributed by atoms with Gasteiger partial charge < -0.3 is 4.90 Å². The Hall–Kier alpha value is -7.82. The van der Waals surface area contributed by atoms with Crippen molar-refractivity contribution in [3.05, 3.63) is 275 Å². The molecule has 0 aliphatic heterocycles. The first-order chi connectivity index (χ1) is 35.2. The normalized spacial score (nSPS) is 17.8.